The fraction of sp³-hybridized carbons (Fsp3) is 0.769. The Morgan fingerprint density at radius 1 is 1.29 bits per heavy atom. The fourth-order valence-electron chi connectivity index (χ4n) is 2.66. The lowest BCUT2D eigenvalue weighted by Crippen LogP contribution is -2.47. The smallest absolute Gasteiger partial charge is 0.0900 e. The molecule has 0 saturated carbocycles. The van der Waals surface area contributed by atoms with Crippen molar-refractivity contribution in [3.8, 4) is 0 Å². The minimum atomic E-state index is 0.216. The van der Waals surface area contributed by atoms with Crippen LogP contribution in [0.4, 0.5) is 0 Å². The largest absolute Gasteiger partial charge is 0.314 e. The predicted molar refractivity (Wildman–Crippen MR) is 73.9 cm³/mol. The van der Waals surface area contributed by atoms with E-state index in [-0.39, 0.29) is 5.41 Å². The number of aromatic nitrogens is 1. The molecule has 2 rings (SSSR count). The van der Waals surface area contributed by atoms with Crippen molar-refractivity contribution in [2.45, 2.75) is 33.1 Å². The normalized spacial score (nSPS) is 18.6. The van der Waals surface area contributed by atoms with E-state index in [0.29, 0.717) is 0 Å². The molecule has 1 aromatic rings. The van der Waals surface area contributed by atoms with Gasteiger partial charge in [0.05, 0.1) is 10.7 Å². The van der Waals surface area contributed by atoms with Gasteiger partial charge in [0.15, 0.2) is 0 Å². The molecule has 0 aromatic carbocycles. The molecule has 2 heterocycles. The zero-order chi connectivity index (χ0) is 12.5. The van der Waals surface area contributed by atoms with Gasteiger partial charge in [-0.15, -0.1) is 11.3 Å². The first-order valence-corrected chi connectivity index (χ1v) is 7.18. The molecule has 4 heteroatoms. The molecule has 0 radical (unpaired) electrons. The van der Waals surface area contributed by atoms with Gasteiger partial charge >= 0.3 is 0 Å². The lowest BCUT2D eigenvalue weighted by Gasteiger charge is -2.34. The second-order valence-electron chi connectivity index (χ2n) is 5.56. The van der Waals surface area contributed by atoms with Gasteiger partial charge in [0.25, 0.3) is 0 Å². The highest BCUT2D eigenvalue weighted by Crippen LogP contribution is 2.32. The van der Waals surface area contributed by atoms with Gasteiger partial charge in [-0.1, -0.05) is 13.8 Å². The molecule has 0 unspecified atom stereocenters. The Hall–Kier alpha value is -0.450. The Morgan fingerprint density at radius 3 is 2.47 bits per heavy atom. The monoisotopic (exact) mass is 253 g/mol. The van der Waals surface area contributed by atoms with Crippen molar-refractivity contribution in [3.63, 3.8) is 0 Å². The first kappa shape index (κ1) is 13.0. The van der Waals surface area contributed by atoms with Crippen LogP contribution in [0, 0.1) is 13.8 Å². The molecule has 1 saturated heterocycles. The van der Waals surface area contributed by atoms with Crippen molar-refractivity contribution < 1.29 is 0 Å². The van der Waals surface area contributed by atoms with E-state index < -0.39 is 0 Å². The number of hydrogen-bond donors (Lipinski definition) is 1. The third-order valence-corrected chi connectivity index (χ3v) is 4.79. The van der Waals surface area contributed by atoms with Crippen LogP contribution < -0.4 is 5.32 Å². The molecule has 1 aliphatic rings. The molecule has 96 valence electrons. The summed E-state index contributed by atoms with van der Waals surface area (Å²) in [6.07, 6.45) is 0. The number of piperazine rings is 1. The number of nitrogens with one attached hydrogen (secondary N) is 1. The van der Waals surface area contributed by atoms with Gasteiger partial charge in [0, 0.05) is 43.0 Å². The zero-order valence-corrected chi connectivity index (χ0v) is 12.2. The van der Waals surface area contributed by atoms with Crippen LogP contribution in [-0.2, 0) is 5.41 Å². The lowest BCUT2D eigenvalue weighted by molar-refractivity contribution is 0.201. The molecular weight excluding hydrogens is 230 g/mol. The summed E-state index contributed by atoms with van der Waals surface area (Å²) < 4.78 is 0. The standard InChI is InChI=1S/C13H23N3S/c1-10-12(17-11(2)15-10)13(3,4)9-16-7-5-14-6-8-16/h14H,5-9H2,1-4H3. The lowest BCUT2D eigenvalue weighted by atomic mass is 9.89. The van der Waals surface area contributed by atoms with Crippen molar-refractivity contribution in [1.82, 2.24) is 15.2 Å². The van der Waals surface area contributed by atoms with Gasteiger partial charge in [-0.25, -0.2) is 4.98 Å². The maximum Gasteiger partial charge on any atom is 0.0900 e. The summed E-state index contributed by atoms with van der Waals surface area (Å²) in [6, 6.07) is 0. The summed E-state index contributed by atoms with van der Waals surface area (Å²) in [5.74, 6) is 0. The first-order valence-electron chi connectivity index (χ1n) is 6.36. The van der Waals surface area contributed by atoms with Crippen LogP contribution in [0.5, 0.6) is 0 Å². The van der Waals surface area contributed by atoms with Gasteiger partial charge < -0.3 is 5.32 Å². The topological polar surface area (TPSA) is 28.2 Å². The highest BCUT2D eigenvalue weighted by molar-refractivity contribution is 7.11. The van der Waals surface area contributed by atoms with Crippen LogP contribution in [0.3, 0.4) is 0 Å². The van der Waals surface area contributed by atoms with Gasteiger partial charge in [-0.2, -0.15) is 0 Å². The van der Waals surface area contributed by atoms with Crippen molar-refractivity contribution in [1.29, 1.82) is 0 Å². The Morgan fingerprint density at radius 2 is 1.94 bits per heavy atom. The first-order chi connectivity index (χ1) is 7.99. The van der Waals surface area contributed by atoms with E-state index >= 15 is 0 Å². The SMILES string of the molecule is Cc1nc(C)c(C(C)(C)CN2CCNCC2)s1. The number of hydrogen-bond acceptors (Lipinski definition) is 4. The van der Waals surface area contributed by atoms with Crippen molar-refractivity contribution >= 4 is 11.3 Å². The summed E-state index contributed by atoms with van der Waals surface area (Å²) in [6.45, 7) is 14.6. The van der Waals surface area contributed by atoms with Gasteiger partial charge in [-0.3, -0.25) is 4.90 Å². The fourth-order valence-corrected chi connectivity index (χ4v) is 3.67. The van der Waals surface area contributed by atoms with E-state index in [1.165, 1.54) is 28.7 Å². The van der Waals surface area contributed by atoms with Gasteiger partial charge in [0.1, 0.15) is 0 Å². The number of rotatable bonds is 3. The third-order valence-electron chi connectivity index (χ3n) is 3.35. The number of aryl methyl sites for hydroxylation is 2. The van der Waals surface area contributed by atoms with Crippen LogP contribution in [-0.4, -0.2) is 42.6 Å². The van der Waals surface area contributed by atoms with E-state index in [4.69, 9.17) is 0 Å². The second-order valence-corrected chi connectivity index (χ2v) is 6.76. The quantitative estimate of drug-likeness (QED) is 0.892. The molecule has 3 nitrogen and oxygen atoms in total. The average molecular weight is 253 g/mol. The highest BCUT2D eigenvalue weighted by Gasteiger charge is 2.28. The second kappa shape index (κ2) is 5.04. The maximum absolute atomic E-state index is 4.56. The Kier molecular flexibility index (Phi) is 3.85. The summed E-state index contributed by atoms with van der Waals surface area (Å²) in [5, 5.41) is 4.59. The van der Waals surface area contributed by atoms with Crippen LogP contribution in [0.25, 0.3) is 0 Å². The Balaban J connectivity index is 2.09. The van der Waals surface area contributed by atoms with Crippen LogP contribution in [0.2, 0.25) is 0 Å². The third kappa shape index (κ3) is 3.06. The molecule has 1 aliphatic heterocycles. The van der Waals surface area contributed by atoms with Gasteiger partial charge in [-0.05, 0) is 13.8 Å². The van der Waals surface area contributed by atoms with E-state index in [1.54, 1.807) is 0 Å². The highest BCUT2D eigenvalue weighted by atomic mass is 32.1. The average Bonchev–Trinajstić information content (AvgIpc) is 2.59. The van der Waals surface area contributed by atoms with Crippen LogP contribution in [0.1, 0.15) is 29.4 Å². The molecule has 17 heavy (non-hydrogen) atoms. The Bertz CT molecular complexity index is 378. The number of thiazole rings is 1. The minimum Gasteiger partial charge on any atom is -0.314 e. The Labute approximate surface area is 108 Å². The van der Waals surface area contributed by atoms with Gasteiger partial charge in [0.2, 0.25) is 0 Å². The molecule has 1 fully saturated rings. The minimum absolute atomic E-state index is 0.216. The summed E-state index contributed by atoms with van der Waals surface area (Å²) >= 11 is 1.86. The van der Waals surface area contributed by atoms with E-state index in [2.05, 4.69) is 42.9 Å². The maximum atomic E-state index is 4.56. The van der Waals surface area contributed by atoms with Crippen molar-refractivity contribution in [3.05, 3.63) is 15.6 Å². The summed E-state index contributed by atoms with van der Waals surface area (Å²) in [7, 11) is 0. The molecule has 1 aromatic heterocycles. The van der Waals surface area contributed by atoms with Crippen LogP contribution in [0.15, 0.2) is 0 Å². The molecular formula is C13H23N3S. The molecule has 0 amide bonds. The van der Waals surface area contributed by atoms with E-state index in [9.17, 15) is 0 Å². The molecule has 0 bridgehead atoms. The summed E-state index contributed by atoms with van der Waals surface area (Å²) in [5.41, 5.74) is 1.43. The van der Waals surface area contributed by atoms with Crippen LogP contribution >= 0.6 is 11.3 Å². The summed E-state index contributed by atoms with van der Waals surface area (Å²) in [4.78, 5) is 8.57. The van der Waals surface area contributed by atoms with E-state index in [0.717, 1.165) is 19.6 Å². The molecule has 0 spiro atoms. The molecule has 0 atom stereocenters. The van der Waals surface area contributed by atoms with E-state index in [1.807, 2.05) is 11.3 Å². The zero-order valence-electron chi connectivity index (χ0n) is 11.3. The molecule has 0 aliphatic carbocycles. The number of nitrogens with zero attached hydrogens (tertiary/aromatic N) is 2. The van der Waals surface area contributed by atoms with Crippen molar-refractivity contribution in [2.24, 2.45) is 0 Å². The molecule has 1 N–H and O–H groups in total. The van der Waals surface area contributed by atoms with Crippen molar-refractivity contribution in [2.75, 3.05) is 32.7 Å². The predicted octanol–water partition coefficient (Wildman–Crippen LogP) is 1.94.